The van der Waals surface area contributed by atoms with Crippen molar-refractivity contribution in [1.29, 1.82) is 0 Å². The minimum absolute atomic E-state index is 0.0398. The van der Waals surface area contributed by atoms with Crippen LogP contribution in [0.4, 0.5) is 0 Å². The van der Waals surface area contributed by atoms with Crippen LogP contribution in [-0.4, -0.2) is 5.80 Å². The molecule has 3 aromatic rings. The van der Waals surface area contributed by atoms with E-state index in [4.69, 9.17) is 0 Å². The summed E-state index contributed by atoms with van der Waals surface area (Å²) >= 11 is 0. The van der Waals surface area contributed by atoms with E-state index in [1.165, 1.54) is 38.9 Å². The summed E-state index contributed by atoms with van der Waals surface area (Å²) in [4.78, 5) is 0. The Morgan fingerprint density at radius 1 is 0.667 bits per heavy atom. The second kappa shape index (κ2) is 7.11. The Labute approximate surface area is 144 Å². The third-order valence-corrected chi connectivity index (χ3v) is 4.98. The van der Waals surface area contributed by atoms with Gasteiger partial charge in [0.05, 0.1) is 0 Å². The molecule has 0 fully saturated rings. The molecule has 0 radical (unpaired) electrons. The molecule has 0 bridgehead atoms. The van der Waals surface area contributed by atoms with Crippen molar-refractivity contribution in [3.63, 3.8) is 0 Å². The molecule has 2 heteroatoms. The summed E-state index contributed by atoms with van der Waals surface area (Å²) in [6.45, 7) is 6.42. The van der Waals surface area contributed by atoms with Gasteiger partial charge in [0.15, 0.2) is 0 Å². The molecule has 118 valence electrons. The van der Waals surface area contributed by atoms with Crippen molar-refractivity contribution in [3.8, 4) is 22.3 Å². The Morgan fingerprint density at radius 3 is 1.46 bits per heavy atom. The van der Waals surface area contributed by atoms with Gasteiger partial charge in [-0.3, -0.25) is 0 Å². The van der Waals surface area contributed by atoms with Crippen LogP contribution in [0.1, 0.15) is 22.3 Å². The second-order valence-corrected chi connectivity index (χ2v) is 6.47. The summed E-state index contributed by atoms with van der Waals surface area (Å²) < 4.78 is 11.3. The van der Waals surface area contributed by atoms with Crippen molar-refractivity contribution in [3.05, 3.63) is 82.9 Å². The fraction of sp³-hybridized carbons (Fsp3) is 0.136. The Balaban J connectivity index is 2.43. The first-order chi connectivity index (χ1) is 11.6. The fourth-order valence-electron chi connectivity index (χ4n) is 3.56. The zero-order valence-corrected chi connectivity index (χ0v) is 15.1. The second-order valence-electron chi connectivity index (χ2n) is 6.01. The average molecular weight is 331 g/mol. The number of hydrogen-bond acceptors (Lipinski definition) is 1. The molecule has 0 aromatic heterocycles. The molecule has 0 unspecified atom stereocenters. The standard InChI is InChI=1S/C22H20OP/c1-15-20(14-24-23)16(2)22(19-12-8-5-9-13-19)17(3)21(15)18-10-6-4-7-11-18/h4-14H,1-3H3/q+1. The molecule has 3 rings (SSSR count). The van der Waals surface area contributed by atoms with Gasteiger partial charge in [-0.1, -0.05) is 0 Å². The maximum atomic E-state index is 11.3. The monoisotopic (exact) mass is 331 g/mol. The summed E-state index contributed by atoms with van der Waals surface area (Å²) in [5.74, 6) is 1.78. The summed E-state index contributed by atoms with van der Waals surface area (Å²) in [5.41, 5.74) is 9.55. The summed E-state index contributed by atoms with van der Waals surface area (Å²) in [5, 5.41) is 0. The van der Waals surface area contributed by atoms with Gasteiger partial charge in [0.25, 0.3) is 0 Å². The van der Waals surface area contributed by atoms with Gasteiger partial charge in [0.2, 0.25) is 0 Å². The first-order valence-corrected chi connectivity index (χ1v) is 8.93. The van der Waals surface area contributed by atoms with Gasteiger partial charge in [-0.25, -0.2) is 0 Å². The predicted octanol–water partition coefficient (Wildman–Crippen LogP) is 6.39. The third kappa shape index (κ3) is 2.92. The van der Waals surface area contributed by atoms with E-state index >= 15 is 0 Å². The third-order valence-electron chi connectivity index (χ3n) is 4.61. The zero-order chi connectivity index (χ0) is 17.1. The molecule has 0 saturated carbocycles. The van der Waals surface area contributed by atoms with E-state index in [9.17, 15) is 4.57 Å². The molecule has 0 aliphatic rings. The Bertz CT molecular complexity index is 855. The molecular formula is C22H20OP+. The van der Waals surface area contributed by atoms with Crippen LogP contribution in [-0.2, 0) is 4.57 Å². The molecule has 24 heavy (non-hydrogen) atoms. The van der Waals surface area contributed by atoms with Gasteiger partial charge in [0.1, 0.15) is 0 Å². The van der Waals surface area contributed by atoms with Gasteiger partial charge in [-0.15, -0.1) is 0 Å². The SMILES string of the molecule is Cc1c(C=[P+]=O)c(C)c(-c2ccccc2)c(C)c1-c1ccccc1. The molecular weight excluding hydrogens is 311 g/mol. The fourth-order valence-corrected chi connectivity index (χ4v) is 4.05. The zero-order valence-electron chi connectivity index (χ0n) is 14.2. The van der Waals surface area contributed by atoms with Crippen LogP contribution in [0.2, 0.25) is 0 Å². The summed E-state index contributed by atoms with van der Waals surface area (Å²) in [6.07, 6.45) is 0. The van der Waals surface area contributed by atoms with E-state index < -0.39 is 0 Å². The molecule has 0 amide bonds. The average Bonchev–Trinajstić information content (AvgIpc) is 2.61. The molecule has 0 atom stereocenters. The maximum absolute atomic E-state index is 11.3. The molecule has 3 aromatic carbocycles. The quantitative estimate of drug-likeness (QED) is 0.508. The predicted molar refractivity (Wildman–Crippen MR) is 104 cm³/mol. The van der Waals surface area contributed by atoms with E-state index in [-0.39, 0.29) is 8.08 Å². The van der Waals surface area contributed by atoms with Crippen LogP contribution >= 0.6 is 8.08 Å². The van der Waals surface area contributed by atoms with Crippen molar-refractivity contribution in [2.24, 2.45) is 0 Å². The molecule has 0 aliphatic carbocycles. The summed E-state index contributed by atoms with van der Waals surface area (Å²) in [7, 11) is 0.0398. The Hall–Kier alpha value is -2.24. The molecule has 0 N–H and O–H groups in total. The van der Waals surface area contributed by atoms with Gasteiger partial charge in [-0.05, 0) is 0 Å². The van der Waals surface area contributed by atoms with Crippen LogP contribution in [0.15, 0.2) is 60.7 Å². The number of rotatable bonds is 3. The first kappa shape index (κ1) is 16.6. The van der Waals surface area contributed by atoms with Crippen LogP contribution in [0, 0.1) is 20.8 Å². The van der Waals surface area contributed by atoms with Gasteiger partial charge >= 0.3 is 144 Å². The van der Waals surface area contributed by atoms with Crippen LogP contribution < -0.4 is 0 Å². The van der Waals surface area contributed by atoms with Gasteiger partial charge < -0.3 is 0 Å². The van der Waals surface area contributed by atoms with Crippen LogP contribution in [0.5, 0.6) is 0 Å². The van der Waals surface area contributed by atoms with Crippen molar-refractivity contribution < 1.29 is 4.57 Å². The number of benzene rings is 3. The summed E-state index contributed by atoms with van der Waals surface area (Å²) in [6, 6.07) is 20.9. The van der Waals surface area contributed by atoms with E-state index in [1.54, 1.807) is 5.80 Å². The molecule has 1 nitrogen and oxygen atoms in total. The number of hydrogen-bond donors (Lipinski definition) is 0. The van der Waals surface area contributed by atoms with Crippen molar-refractivity contribution in [1.82, 2.24) is 0 Å². The minimum atomic E-state index is 0.0398. The van der Waals surface area contributed by atoms with E-state index in [1.807, 2.05) is 12.1 Å². The Morgan fingerprint density at radius 2 is 1.08 bits per heavy atom. The van der Waals surface area contributed by atoms with E-state index in [0.29, 0.717) is 0 Å². The van der Waals surface area contributed by atoms with Crippen LogP contribution in [0.3, 0.4) is 0 Å². The van der Waals surface area contributed by atoms with E-state index in [0.717, 1.165) is 5.56 Å². The molecule has 0 heterocycles. The van der Waals surface area contributed by atoms with Crippen molar-refractivity contribution >= 4 is 13.9 Å². The molecule has 0 aliphatic heterocycles. The van der Waals surface area contributed by atoms with Gasteiger partial charge in [0, 0.05) is 0 Å². The Kier molecular flexibility index (Phi) is 4.92. The van der Waals surface area contributed by atoms with E-state index in [2.05, 4.69) is 69.3 Å². The van der Waals surface area contributed by atoms with Crippen LogP contribution in [0.25, 0.3) is 22.3 Å². The van der Waals surface area contributed by atoms with Crippen molar-refractivity contribution in [2.75, 3.05) is 0 Å². The molecule has 0 saturated heterocycles. The van der Waals surface area contributed by atoms with Crippen molar-refractivity contribution in [2.45, 2.75) is 20.8 Å². The normalized spacial score (nSPS) is 10.5. The van der Waals surface area contributed by atoms with Gasteiger partial charge in [-0.2, -0.15) is 0 Å². The molecule has 0 spiro atoms. The topological polar surface area (TPSA) is 17.1 Å². The first-order valence-electron chi connectivity index (χ1n) is 8.05.